The van der Waals surface area contributed by atoms with Crippen LogP contribution >= 0.6 is 0 Å². The van der Waals surface area contributed by atoms with Gasteiger partial charge >= 0.3 is 0 Å². The predicted molar refractivity (Wildman–Crippen MR) is 63.4 cm³/mol. The van der Waals surface area contributed by atoms with Crippen molar-refractivity contribution >= 4 is 0 Å². The second kappa shape index (κ2) is 4.95. The van der Waals surface area contributed by atoms with E-state index in [1.807, 2.05) is 0 Å². The normalized spacial score (nSPS) is 18.2. The largest absolute Gasteiger partial charge is 0.376 e. The summed E-state index contributed by atoms with van der Waals surface area (Å²) in [5.41, 5.74) is 9.74. The van der Waals surface area contributed by atoms with Crippen LogP contribution in [0.4, 0.5) is 0 Å². The number of rotatable bonds is 4. The van der Waals surface area contributed by atoms with Crippen molar-refractivity contribution in [1.29, 1.82) is 0 Å². The fraction of sp³-hybridized carbons (Fsp3) is 0.538. The molecule has 0 bridgehead atoms. The minimum atomic E-state index is -0.0424. The van der Waals surface area contributed by atoms with E-state index in [9.17, 15) is 0 Å². The molecule has 88 valence electrons. The lowest BCUT2D eigenvalue weighted by molar-refractivity contribution is -0.131. The minimum Gasteiger partial charge on any atom is -0.376 e. The number of nitrogens with two attached hydrogens (primary N) is 1. The van der Waals surface area contributed by atoms with Gasteiger partial charge in [0.2, 0.25) is 0 Å². The molecule has 0 amide bonds. The second-order valence-electron chi connectivity index (χ2n) is 4.52. The molecule has 2 N–H and O–H groups in total. The summed E-state index contributed by atoms with van der Waals surface area (Å²) in [6.45, 7) is 6.16. The van der Waals surface area contributed by atoms with E-state index < -0.39 is 0 Å². The highest BCUT2D eigenvalue weighted by Crippen LogP contribution is 2.17. The number of benzene rings is 1. The number of hydrogen-bond acceptors (Lipinski definition) is 3. The average Bonchev–Trinajstić information content (AvgIpc) is 2.13. The Hall–Kier alpha value is -0.900. The minimum absolute atomic E-state index is 0.0424. The van der Waals surface area contributed by atoms with Gasteiger partial charge in [-0.05, 0) is 19.4 Å². The van der Waals surface area contributed by atoms with Gasteiger partial charge in [-0.2, -0.15) is 0 Å². The molecule has 0 saturated carbocycles. The Morgan fingerprint density at radius 3 is 2.44 bits per heavy atom. The third-order valence-electron chi connectivity index (χ3n) is 2.79. The van der Waals surface area contributed by atoms with Crippen LogP contribution in [0.5, 0.6) is 0 Å². The molecule has 1 atom stereocenters. The molecule has 1 aliphatic rings. The van der Waals surface area contributed by atoms with Crippen molar-refractivity contribution in [2.24, 2.45) is 5.73 Å². The summed E-state index contributed by atoms with van der Waals surface area (Å²) >= 11 is 0. The maximum atomic E-state index is 6.09. The Balaban J connectivity index is 1.93. The van der Waals surface area contributed by atoms with Crippen LogP contribution in [-0.2, 0) is 9.47 Å². The summed E-state index contributed by atoms with van der Waals surface area (Å²) in [5.74, 6) is 0. The van der Waals surface area contributed by atoms with E-state index in [0.717, 1.165) is 5.56 Å². The average molecular weight is 221 g/mol. The zero-order valence-electron chi connectivity index (χ0n) is 9.90. The van der Waals surface area contributed by atoms with Gasteiger partial charge in [-0.15, -0.1) is 0 Å². The third kappa shape index (κ3) is 2.82. The highest BCUT2D eigenvalue weighted by atomic mass is 16.6. The lowest BCUT2D eigenvalue weighted by atomic mass is 10.0. The van der Waals surface area contributed by atoms with E-state index in [0.29, 0.717) is 19.8 Å². The van der Waals surface area contributed by atoms with E-state index in [4.69, 9.17) is 15.2 Å². The number of hydrogen-bond donors (Lipinski definition) is 1. The smallest absolute Gasteiger partial charge is 0.104 e. The molecule has 0 aromatic heterocycles. The molecular formula is C13H19NO2. The van der Waals surface area contributed by atoms with Crippen molar-refractivity contribution in [3.05, 3.63) is 34.9 Å². The molecule has 0 radical (unpaired) electrons. The first-order chi connectivity index (χ1) is 7.65. The zero-order chi connectivity index (χ0) is 11.5. The van der Waals surface area contributed by atoms with Gasteiger partial charge < -0.3 is 15.2 Å². The van der Waals surface area contributed by atoms with E-state index in [-0.39, 0.29) is 12.1 Å². The first-order valence-electron chi connectivity index (χ1n) is 5.68. The van der Waals surface area contributed by atoms with Gasteiger partial charge in [0.1, 0.15) is 6.10 Å². The number of ether oxygens (including phenoxy) is 2. The van der Waals surface area contributed by atoms with Gasteiger partial charge in [-0.1, -0.05) is 29.3 Å². The highest BCUT2D eigenvalue weighted by molar-refractivity contribution is 5.30. The van der Waals surface area contributed by atoms with Gasteiger partial charge in [0, 0.05) is 0 Å². The van der Waals surface area contributed by atoms with Crippen molar-refractivity contribution in [2.45, 2.75) is 26.0 Å². The van der Waals surface area contributed by atoms with Crippen LogP contribution in [0, 0.1) is 13.8 Å². The van der Waals surface area contributed by atoms with Crippen molar-refractivity contribution in [3.63, 3.8) is 0 Å². The van der Waals surface area contributed by atoms with E-state index >= 15 is 0 Å². The van der Waals surface area contributed by atoms with Crippen molar-refractivity contribution in [2.75, 3.05) is 19.8 Å². The molecule has 1 aromatic rings. The van der Waals surface area contributed by atoms with Gasteiger partial charge in [0.05, 0.1) is 25.9 Å². The Bertz CT molecular complexity index is 341. The van der Waals surface area contributed by atoms with Gasteiger partial charge in [-0.25, -0.2) is 0 Å². The topological polar surface area (TPSA) is 44.5 Å². The monoisotopic (exact) mass is 221 g/mol. The first kappa shape index (κ1) is 11.6. The lowest BCUT2D eigenvalue weighted by Gasteiger charge is -2.27. The fourth-order valence-corrected chi connectivity index (χ4v) is 1.87. The Labute approximate surface area is 96.5 Å². The van der Waals surface area contributed by atoms with Crippen LogP contribution in [0.25, 0.3) is 0 Å². The van der Waals surface area contributed by atoms with E-state index in [1.54, 1.807) is 0 Å². The number of aryl methyl sites for hydroxylation is 2. The summed E-state index contributed by atoms with van der Waals surface area (Å²) in [7, 11) is 0. The first-order valence-corrected chi connectivity index (χ1v) is 5.68. The fourth-order valence-electron chi connectivity index (χ4n) is 1.87. The summed E-state index contributed by atoms with van der Waals surface area (Å²) in [6, 6.07) is 6.35. The van der Waals surface area contributed by atoms with Crippen molar-refractivity contribution in [1.82, 2.24) is 0 Å². The quantitative estimate of drug-likeness (QED) is 0.842. The van der Waals surface area contributed by atoms with Gasteiger partial charge in [0.25, 0.3) is 0 Å². The van der Waals surface area contributed by atoms with Gasteiger partial charge in [-0.3, -0.25) is 0 Å². The Kier molecular flexibility index (Phi) is 3.59. The predicted octanol–water partition coefficient (Wildman–Crippen LogP) is 1.72. The molecule has 2 rings (SSSR count). The van der Waals surface area contributed by atoms with Crippen LogP contribution in [0.2, 0.25) is 0 Å². The van der Waals surface area contributed by atoms with Crippen LogP contribution in [0.15, 0.2) is 18.2 Å². The Morgan fingerprint density at radius 1 is 1.31 bits per heavy atom. The van der Waals surface area contributed by atoms with E-state index in [2.05, 4.69) is 32.0 Å². The lowest BCUT2D eigenvalue weighted by Crippen LogP contribution is -2.37. The van der Waals surface area contributed by atoms with Gasteiger partial charge in [0.15, 0.2) is 0 Å². The third-order valence-corrected chi connectivity index (χ3v) is 2.79. The molecule has 1 unspecified atom stereocenters. The van der Waals surface area contributed by atoms with Crippen LogP contribution in [-0.4, -0.2) is 25.9 Å². The molecule has 3 nitrogen and oxygen atoms in total. The molecule has 3 heteroatoms. The molecule has 0 spiro atoms. The maximum absolute atomic E-state index is 6.09. The second-order valence-corrected chi connectivity index (χ2v) is 4.52. The summed E-state index contributed by atoms with van der Waals surface area (Å²) < 4.78 is 10.7. The molecule has 1 fully saturated rings. The molecule has 1 saturated heterocycles. The summed E-state index contributed by atoms with van der Waals surface area (Å²) in [4.78, 5) is 0. The zero-order valence-corrected chi connectivity index (χ0v) is 9.90. The summed E-state index contributed by atoms with van der Waals surface area (Å²) in [6.07, 6.45) is 0.247. The maximum Gasteiger partial charge on any atom is 0.104 e. The molecule has 16 heavy (non-hydrogen) atoms. The molecule has 0 aliphatic carbocycles. The summed E-state index contributed by atoms with van der Waals surface area (Å²) in [5, 5.41) is 0. The van der Waals surface area contributed by atoms with Crippen molar-refractivity contribution in [3.8, 4) is 0 Å². The molecule has 1 heterocycles. The SMILES string of the molecule is Cc1cc(C)cc(C(N)COC2COC2)c1. The van der Waals surface area contributed by atoms with Crippen LogP contribution in [0.1, 0.15) is 22.7 Å². The molecular weight excluding hydrogens is 202 g/mol. The molecule has 1 aromatic carbocycles. The Morgan fingerprint density at radius 2 is 1.94 bits per heavy atom. The van der Waals surface area contributed by atoms with Crippen molar-refractivity contribution < 1.29 is 9.47 Å². The van der Waals surface area contributed by atoms with Crippen LogP contribution in [0.3, 0.4) is 0 Å². The highest BCUT2D eigenvalue weighted by Gasteiger charge is 2.20. The van der Waals surface area contributed by atoms with Crippen LogP contribution < -0.4 is 5.73 Å². The molecule has 1 aliphatic heterocycles. The van der Waals surface area contributed by atoms with E-state index in [1.165, 1.54) is 11.1 Å². The standard InChI is InChI=1S/C13H19NO2/c1-9-3-10(2)5-11(4-9)13(14)8-16-12-6-15-7-12/h3-5,12-13H,6-8,14H2,1-2H3.